The molecule has 3 heteroatoms. The second kappa shape index (κ2) is 9.02. The molecule has 1 aromatic carbocycles. The summed E-state index contributed by atoms with van der Waals surface area (Å²) in [5.74, 6) is 2.81. The Kier molecular flexibility index (Phi) is 6.58. The predicted octanol–water partition coefficient (Wildman–Crippen LogP) is 6.22. The summed E-state index contributed by atoms with van der Waals surface area (Å²) in [5, 5.41) is 10.8. The number of carbonyl (C=O) groups excluding carboxylic acids is 1. The van der Waals surface area contributed by atoms with Crippen molar-refractivity contribution < 1.29 is 9.90 Å². The van der Waals surface area contributed by atoms with Gasteiger partial charge in [-0.1, -0.05) is 39.7 Å². The van der Waals surface area contributed by atoms with Gasteiger partial charge >= 0.3 is 0 Å². The fourth-order valence-electron chi connectivity index (χ4n) is 6.83. The van der Waals surface area contributed by atoms with E-state index in [1.165, 1.54) is 43.2 Å². The van der Waals surface area contributed by atoms with E-state index < -0.39 is 0 Å². The number of ketones is 1. The van der Waals surface area contributed by atoms with E-state index in [1.54, 1.807) is 0 Å². The van der Waals surface area contributed by atoms with Crippen molar-refractivity contribution in [2.24, 2.45) is 17.3 Å². The van der Waals surface area contributed by atoms with Gasteiger partial charge in [-0.15, -0.1) is 0 Å². The Bertz CT molecular complexity index is 764. The van der Waals surface area contributed by atoms with Crippen LogP contribution in [0.15, 0.2) is 12.1 Å². The van der Waals surface area contributed by atoms with Crippen LogP contribution in [0.1, 0.15) is 101 Å². The average Bonchev–Trinajstić information content (AvgIpc) is 3.05. The molecular weight excluding hydrogens is 370 g/mol. The molecule has 2 saturated carbocycles. The molecule has 0 heterocycles. The van der Waals surface area contributed by atoms with E-state index in [2.05, 4.69) is 37.8 Å². The highest BCUT2D eigenvalue weighted by Crippen LogP contribution is 2.59. The maximum Gasteiger partial charge on any atom is 0.139 e. The molecule has 2 fully saturated rings. The number of Topliss-reactive ketones (excluding diaryl/α,β-unsaturated/α-hetero) is 1. The lowest BCUT2D eigenvalue weighted by atomic mass is 9.55. The third-order valence-electron chi connectivity index (χ3n) is 8.68. The number of hydrogen-bond donors (Lipinski definition) is 1. The van der Waals surface area contributed by atoms with Crippen molar-refractivity contribution in [1.29, 1.82) is 0 Å². The number of aromatic hydroxyl groups is 1. The Hall–Kier alpha value is -1.35. The zero-order chi connectivity index (χ0) is 21.3. The van der Waals surface area contributed by atoms with Crippen LogP contribution in [0.3, 0.4) is 0 Å². The van der Waals surface area contributed by atoms with E-state index >= 15 is 0 Å². The largest absolute Gasteiger partial charge is 0.508 e. The van der Waals surface area contributed by atoms with Gasteiger partial charge in [-0.2, -0.15) is 0 Å². The molecule has 4 atom stereocenters. The summed E-state index contributed by atoms with van der Waals surface area (Å²) in [5.41, 5.74) is 3.90. The van der Waals surface area contributed by atoms with Gasteiger partial charge in [-0.3, -0.25) is 9.69 Å². The van der Waals surface area contributed by atoms with Crippen LogP contribution in [0.25, 0.3) is 0 Å². The third-order valence-corrected chi connectivity index (χ3v) is 8.68. The first kappa shape index (κ1) is 21.9. The number of hydrogen-bond acceptors (Lipinski definition) is 3. The molecule has 0 aromatic heterocycles. The van der Waals surface area contributed by atoms with E-state index in [4.69, 9.17) is 0 Å². The minimum absolute atomic E-state index is 0.0600. The summed E-state index contributed by atoms with van der Waals surface area (Å²) >= 11 is 0. The van der Waals surface area contributed by atoms with Crippen LogP contribution >= 0.6 is 0 Å². The summed E-state index contributed by atoms with van der Waals surface area (Å²) < 4.78 is 0. The quantitative estimate of drug-likeness (QED) is 0.552. The van der Waals surface area contributed by atoms with Gasteiger partial charge in [-0.25, -0.2) is 0 Å². The lowest BCUT2D eigenvalue weighted by Crippen LogP contribution is -2.42. The van der Waals surface area contributed by atoms with Gasteiger partial charge in [0.05, 0.1) is 0 Å². The summed E-state index contributed by atoms with van der Waals surface area (Å²) in [6.45, 7) is 9.83. The van der Waals surface area contributed by atoms with Gasteiger partial charge in [0.1, 0.15) is 11.5 Å². The number of unbranched alkanes of at least 4 members (excludes halogenated alkanes) is 2. The molecule has 0 spiro atoms. The molecule has 1 aromatic rings. The molecule has 0 unspecified atom stereocenters. The molecule has 30 heavy (non-hydrogen) atoms. The molecule has 166 valence electrons. The lowest BCUT2D eigenvalue weighted by molar-refractivity contribution is -0.129. The van der Waals surface area contributed by atoms with Gasteiger partial charge in [0.2, 0.25) is 0 Å². The number of benzene rings is 1. The standard InChI is InChI=1S/C27H41NO2/c1-4-6-14-28(15-7-5-2)18-20-16-23-19(17-25(20)29)8-9-22-21(23)12-13-27(3)24(22)10-11-26(27)30/h16-17,21-22,24,29H,4-15,18H2,1-3H3/t21-,22+,24-,27-/m0/s1. The molecule has 3 aliphatic rings. The van der Waals surface area contributed by atoms with Crippen molar-refractivity contribution in [3.8, 4) is 5.75 Å². The fraction of sp³-hybridized carbons (Fsp3) is 0.741. The molecule has 0 amide bonds. The molecule has 0 bridgehead atoms. The van der Waals surface area contributed by atoms with Gasteiger partial charge in [0.25, 0.3) is 0 Å². The Morgan fingerprint density at radius 3 is 2.50 bits per heavy atom. The van der Waals surface area contributed by atoms with E-state index in [0.717, 1.165) is 57.3 Å². The zero-order valence-corrected chi connectivity index (χ0v) is 19.4. The Morgan fingerprint density at radius 2 is 1.80 bits per heavy atom. The maximum atomic E-state index is 12.6. The smallest absolute Gasteiger partial charge is 0.139 e. The van der Waals surface area contributed by atoms with Crippen LogP contribution in [-0.2, 0) is 17.8 Å². The van der Waals surface area contributed by atoms with Crippen molar-refractivity contribution in [3.63, 3.8) is 0 Å². The molecule has 0 aliphatic heterocycles. The van der Waals surface area contributed by atoms with E-state index in [0.29, 0.717) is 29.3 Å². The average molecular weight is 412 g/mol. The second-order valence-corrected chi connectivity index (χ2v) is 10.5. The molecule has 3 nitrogen and oxygen atoms in total. The van der Waals surface area contributed by atoms with Crippen LogP contribution in [-0.4, -0.2) is 28.9 Å². The number of carbonyl (C=O) groups is 1. The van der Waals surface area contributed by atoms with Crippen molar-refractivity contribution in [3.05, 3.63) is 28.8 Å². The normalized spacial score (nSPS) is 30.3. The topological polar surface area (TPSA) is 40.5 Å². The highest BCUT2D eigenvalue weighted by molar-refractivity contribution is 5.87. The monoisotopic (exact) mass is 411 g/mol. The number of fused-ring (bicyclic) bond motifs is 5. The Labute approximate surface area is 183 Å². The number of phenols is 1. The van der Waals surface area contributed by atoms with Crippen molar-refractivity contribution in [1.82, 2.24) is 4.90 Å². The molecule has 3 aliphatic carbocycles. The van der Waals surface area contributed by atoms with Crippen LogP contribution in [0.2, 0.25) is 0 Å². The van der Waals surface area contributed by atoms with E-state index in [1.807, 2.05) is 0 Å². The summed E-state index contributed by atoms with van der Waals surface area (Å²) in [4.78, 5) is 15.1. The maximum absolute atomic E-state index is 12.6. The van der Waals surface area contributed by atoms with Crippen LogP contribution in [0.4, 0.5) is 0 Å². The minimum Gasteiger partial charge on any atom is -0.508 e. The first-order valence-electron chi connectivity index (χ1n) is 12.6. The Balaban J connectivity index is 1.57. The highest BCUT2D eigenvalue weighted by atomic mass is 16.3. The van der Waals surface area contributed by atoms with Gasteiger partial charge < -0.3 is 5.11 Å². The highest BCUT2D eigenvalue weighted by Gasteiger charge is 2.54. The van der Waals surface area contributed by atoms with Gasteiger partial charge in [0.15, 0.2) is 0 Å². The third kappa shape index (κ3) is 3.95. The SMILES string of the molecule is CCCCN(CCCC)Cc1cc2c(cc1O)CC[C@@H]1[C@@H]2CC[C@]2(C)C(=O)CC[C@@H]12. The van der Waals surface area contributed by atoms with Crippen molar-refractivity contribution >= 4 is 5.78 Å². The van der Waals surface area contributed by atoms with Crippen molar-refractivity contribution in [2.45, 2.75) is 97.4 Å². The summed E-state index contributed by atoms with van der Waals surface area (Å²) in [6, 6.07) is 4.43. The van der Waals surface area contributed by atoms with Gasteiger partial charge in [0, 0.05) is 23.9 Å². The molecule has 0 radical (unpaired) electrons. The molecule has 4 rings (SSSR count). The van der Waals surface area contributed by atoms with Crippen molar-refractivity contribution in [2.75, 3.05) is 13.1 Å². The van der Waals surface area contributed by atoms with E-state index in [-0.39, 0.29) is 5.41 Å². The number of phenolic OH excluding ortho intramolecular Hbond substituents is 1. The fourth-order valence-corrected chi connectivity index (χ4v) is 6.83. The number of rotatable bonds is 8. The zero-order valence-electron chi connectivity index (χ0n) is 19.4. The van der Waals surface area contributed by atoms with Crippen LogP contribution in [0, 0.1) is 17.3 Å². The first-order chi connectivity index (χ1) is 14.5. The Morgan fingerprint density at radius 1 is 1.07 bits per heavy atom. The predicted molar refractivity (Wildman–Crippen MR) is 123 cm³/mol. The summed E-state index contributed by atoms with van der Waals surface area (Å²) in [6.07, 6.45) is 11.2. The minimum atomic E-state index is -0.0600. The molecule has 0 saturated heterocycles. The number of nitrogens with zero attached hydrogens (tertiary/aromatic N) is 1. The van der Waals surface area contributed by atoms with Gasteiger partial charge in [-0.05, 0) is 93.0 Å². The lowest BCUT2D eigenvalue weighted by Gasteiger charge is -2.48. The van der Waals surface area contributed by atoms with E-state index in [9.17, 15) is 9.90 Å². The summed E-state index contributed by atoms with van der Waals surface area (Å²) in [7, 11) is 0. The molecular formula is C27H41NO2. The first-order valence-corrected chi connectivity index (χ1v) is 12.6. The second-order valence-electron chi connectivity index (χ2n) is 10.5. The molecule has 1 N–H and O–H groups in total. The number of aryl methyl sites for hydroxylation is 1. The van der Waals surface area contributed by atoms with Crippen LogP contribution < -0.4 is 0 Å². The van der Waals surface area contributed by atoms with Crippen LogP contribution in [0.5, 0.6) is 5.75 Å².